The number of anilines is 3. The zero-order valence-electron chi connectivity index (χ0n) is 12.2. The molecule has 1 aromatic heterocycles. The summed E-state index contributed by atoms with van der Waals surface area (Å²) in [5, 5.41) is 9.14. The highest BCUT2D eigenvalue weighted by Gasteiger charge is 2.14. The zero-order chi connectivity index (χ0) is 16.1. The van der Waals surface area contributed by atoms with E-state index in [0.717, 1.165) is 17.2 Å². The molecule has 0 unspecified atom stereocenters. The van der Waals surface area contributed by atoms with E-state index in [1.807, 2.05) is 47.4 Å². The van der Waals surface area contributed by atoms with Gasteiger partial charge in [0, 0.05) is 17.6 Å². The summed E-state index contributed by atoms with van der Waals surface area (Å²) in [6.45, 7) is 7.20. The Labute approximate surface area is 134 Å². The molecule has 0 aliphatic heterocycles. The molecule has 4 nitrogen and oxygen atoms in total. The topological polar surface area (TPSA) is 44.3 Å². The first-order valence-electron chi connectivity index (χ1n) is 7.00. The van der Waals surface area contributed by atoms with E-state index in [4.69, 9.17) is 11.8 Å². The number of aromatic nitrogens is 1. The number of benzene rings is 2. The van der Waals surface area contributed by atoms with E-state index >= 15 is 0 Å². The number of nitriles is 1. The van der Waals surface area contributed by atoms with Gasteiger partial charge < -0.3 is 0 Å². The molecule has 0 fully saturated rings. The van der Waals surface area contributed by atoms with E-state index in [0.29, 0.717) is 11.3 Å². The Morgan fingerprint density at radius 2 is 1.74 bits per heavy atom. The van der Waals surface area contributed by atoms with Gasteiger partial charge in [-0.05, 0) is 42.5 Å². The molecule has 0 aliphatic carbocycles. The summed E-state index contributed by atoms with van der Waals surface area (Å²) >= 11 is 0. The summed E-state index contributed by atoms with van der Waals surface area (Å²) in [6.07, 6.45) is 1.72. The van der Waals surface area contributed by atoms with E-state index < -0.39 is 0 Å². The van der Waals surface area contributed by atoms with Crippen LogP contribution >= 0.6 is 0 Å². The fourth-order valence-corrected chi connectivity index (χ4v) is 2.32. The molecule has 108 valence electrons. The number of hydrogen-bond donors (Lipinski definition) is 0. The van der Waals surface area contributed by atoms with Gasteiger partial charge in [-0.3, -0.25) is 4.90 Å². The van der Waals surface area contributed by atoms with Crippen molar-refractivity contribution in [3.8, 4) is 6.07 Å². The van der Waals surface area contributed by atoms with Crippen molar-refractivity contribution in [1.82, 2.24) is 4.98 Å². The van der Waals surface area contributed by atoms with Gasteiger partial charge in [0.25, 0.3) is 0 Å². The monoisotopic (exact) mass is 296 g/mol. The zero-order valence-corrected chi connectivity index (χ0v) is 12.2. The minimum atomic E-state index is 0.555. The first-order valence-corrected chi connectivity index (χ1v) is 7.00. The molecular formula is C19H12N4. The van der Waals surface area contributed by atoms with Crippen LogP contribution < -0.4 is 4.90 Å². The molecule has 2 aromatic carbocycles. The van der Waals surface area contributed by atoms with Gasteiger partial charge in [-0.25, -0.2) is 9.83 Å². The fraction of sp³-hybridized carbons (Fsp3) is 0. The van der Waals surface area contributed by atoms with Crippen LogP contribution in [-0.4, -0.2) is 4.98 Å². The Morgan fingerprint density at radius 1 is 0.957 bits per heavy atom. The molecule has 23 heavy (non-hydrogen) atoms. The van der Waals surface area contributed by atoms with Crippen molar-refractivity contribution < 1.29 is 0 Å². The third kappa shape index (κ3) is 3.02. The van der Waals surface area contributed by atoms with Gasteiger partial charge >= 0.3 is 0 Å². The van der Waals surface area contributed by atoms with Crippen LogP contribution in [0.25, 0.3) is 4.85 Å². The lowest BCUT2D eigenvalue weighted by Gasteiger charge is -2.24. The van der Waals surface area contributed by atoms with Crippen LogP contribution in [-0.2, 0) is 0 Å². The lowest BCUT2D eigenvalue weighted by atomic mass is 10.1. The maximum absolute atomic E-state index is 9.14. The Morgan fingerprint density at radius 3 is 2.43 bits per heavy atom. The van der Waals surface area contributed by atoms with Crippen molar-refractivity contribution in [2.75, 3.05) is 4.90 Å². The number of nitrogens with zero attached hydrogens (tertiary/aromatic N) is 4. The molecule has 0 aliphatic rings. The van der Waals surface area contributed by atoms with Gasteiger partial charge in [0.05, 0.1) is 18.2 Å². The molecule has 0 N–H and O–H groups in total. The minimum Gasteiger partial charge on any atom is -0.296 e. The van der Waals surface area contributed by atoms with Crippen LogP contribution in [0.1, 0.15) is 5.56 Å². The second kappa shape index (κ2) is 6.43. The number of hydrogen-bond acceptors (Lipinski definition) is 3. The van der Waals surface area contributed by atoms with Crippen molar-refractivity contribution >= 4 is 22.9 Å². The Balaban J connectivity index is 2.18. The SMILES string of the molecule is [C-]#[N+]c1cccc(N(c2cccc(C#N)c2)c2ccccn2)c1. The smallest absolute Gasteiger partial charge is 0.189 e. The van der Waals surface area contributed by atoms with Crippen molar-refractivity contribution in [3.05, 3.63) is 89.9 Å². The molecule has 0 atom stereocenters. The highest BCUT2D eigenvalue weighted by atomic mass is 15.2. The Bertz CT molecular complexity index is 847. The van der Waals surface area contributed by atoms with Gasteiger partial charge in [0.2, 0.25) is 0 Å². The van der Waals surface area contributed by atoms with Crippen LogP contribution in [0.15, 0.2) is 72.9 Å². The average Bonchev–Trinajstić information content (AvgIpc) is 2.63. The highest BCUT2D eigenvalue weighted by molar-refractivity contribution is 5.77. The quantitative estimate of drug-likeness (QED) is 0.641. The molecule has 4 heteroatoms. The molecule has 0 saturated heterocycles. The van der Waals surface area contributed by atoms with Crippen molar-refractivity contribution in [3.63, 3.8) is 0 Å². The maximum Gasteiger partial charge on any atom is 0.189 e. The molecular weight excluding hydrogens is 284 g/mol. The van der Waals surface area contributed by atoms with Gasteiger partial charge in [-0.1, -0.05) is 24.3 Å². The van der Waals surface area contributed by atoms with Gasteiger partial charge in [0.1, 0.15) is 5.82 Å². The number of pyridine rings is 1. The van der Waals surface area contributed by atoms with Crippen LogP contribution in [0, 0.1) is 17.9 Å². The molecule has 3 aromatic rings. The summed E-state index contributed by atoms with van der Waals surface area (Å²) in [5.41, 5.74) is 2.78. The third-order valence-corrected chi connectivity index (χ3v) is 3.33. The van der Waals surface area contributed by atoms with E-state index in [9.17, 15) is 0 Å². The van der Waals surface area contributed by atoms with Crippen LogP contribution in [0.3, 0.4) is 0 Å². The Hall–Kier alpha value is -3.63. The van der Waals surface area contributed by atoms with Gasteiger partial charge in [-0.2, -0.15) is 5.26 Å². The molecule has 0 radical (unpaired) electrons. The second-order valence-corrected chi connectivity index (χ2v) is 4.82. The van der Waals surface area contributed by atoms with E-state index in [-0.39, 0.29) is 0 Å². The minimum absolute atomic E-state index is 0.555. The van der Waals surface area contributed by atoms with Crippen molar-refractivity contribution in [1.29, 1.82) is 5.26 Å². The lowest BCUT2D eigenvalue weighted by Crippen LogP contribution is -2.11. The summed E-state index contributed by atoms with van der Waals surface area (Å²) in [7, 11) is 0. The fourth-order valence-electron chi connectivity index (χ4n) is 2.32. The highest BCUT2D eigenvalue weighted by Crippen LogP contribution is 2.34. The van der Waals surface area contributed by atoms with Crippen LogP contribution in [0.4, 0.5) is 22.9 Å². The predicted octanol–water partition coefficient (Wildman–Crippen LogP) is 4.97. The van der Waals surface area contributed by atoms with Crippen LogP contribution in [0.2, 0.25) is 0 Å². The largest absolute Gasteiger partial charge is 0.296 e. The lowest BCUT2D eigenvalue weighted by molar-refractivity contribution is 1.18. The predicted molar refractivity (Wildman–Crippen MR) is 89.9 cm³/mol. The standard InChI is InChI=1S/C19H12N4/c1-21-16-7-5-9-18(13-16)23(19-10-2-3-11-22-19)17-8-4-6-15(12-17)14-20/h2-13H. The van der Waals surface area contributed by atoms with Gasteiger partial charge in [-0.15, -0.1) is 0 Å². The summed E-state index contributed by atoms with van der Waals surface area (Å²) in [6, 6.07) is 22.4. The average molecular weight is 296 g/mol. The van der Waals surface area contributed by atoms with Crippen LogP contribution in [0.5, 0.6) is 0 Å². The molecule has 0 spiro atoms. The molecule has 0 bridgehead atoms. The first kappa shape index (κ1) is 14.3. The molecule has 1 heterocycles. The summed E-state index contributed by atoms with van der Waals surface area (Å²) in [5.74, 6) is 0.727. The van der Waals surface area contributed by atoms with E-state index in [2.05, 4.69) is 15.9 Å². The molecule has 3 rings (SSSR count). The number of rotatable bonds is 3. The maximum atomic E-state index is 9.14. The second-order valence-electron chi connectivity index (χ2n) is 4.82. The third-order valence-electron chi connectivity index (χ3n) is 3.33. The first-order chi connectivity index (χ1) is 11.3. The van der Waals surface area contributed by atoms with Gasteiger partial charge in [0.15, 0.2) is 5.69 Å². The van der Waals surface area contributed by atoms with E-state index in [1.165, 1.54) is 0 Å². The molecule has 0 amide bonds. The summed E-state index contributed by atoms with van der Waals surface area (Å²) < 4.78 is 0. The normalized spacial score (nSPS) is 9.65. The van der Waals surface area contributed by atoms with Crippen molar-refractivity contribution in [2.45, 2.75) is 0 Å². The summed E-state index contributed by atoms with van der Waals surface area (Å²) in [4.78, 5) is 9.82. The van der Waals surface area contributed by atoms with Crippen molar-refractivity contribution in [2.24, 2.45) is 0 Å². The Kier molecular flexibility index (Phi) is 4.00. The van der Waals surface area contributed by atoms with E-state index in [1.54, 1.807) is 30.5 Å². The molecule has 0 saturated carbocycles.